The minimum absolute atomic E-state index is 0.0820. The topological polar surface area (TPSA) is 79.6 Å². The number of hydrogen-bond acceptors (Lipinski definition) is 6. The molecule has 29 heavy (non-hydrogen) atoms. The first-order valence-corrected chi connectivity index (χ1v) is 9.62. The van der Waals surface area contributed by atoms with Crippen LogP contribution in [-0.4, -0.2) is 28.4 Å². The predicted octanol–water partition coefficient (Wildman–Crippen LogP) is 5.22. The van der Waals surface area contributed by atoms with Gasteiger partial charge in [0.05, 0.1) is 18.8 Å². The highest BCUT2D eigenvalue weighted by atomic mass is 79.9. The standard InChI is InChI=1S/C22H17BrN4O2/c1-29-20-12-14(6-11-19(20)28)13-24-27-22-17-4-2-3-5-18(17)25-21(26-22)15-7-9-16(23)10-8-15/h2-13,28H,1H3,(H,25,26,27)/b24-13-. The fourth-order valence-electron chi connectivity index (χ4n) is 2.83. The maximum absolute atomic E-state index is 9.71. The van der Waals surface area contributed by atoms with Crippen LogP contribution in [0.4, 0.5) is 5.82 Å². The van der Waals surface area contributed by atoms with Crippen LogP contribution in [0.15, 0.2) is 76.3 Å². The van der Waals surface area contributed by atoms with Crippen molar-refractivity contribution in [3.05, 3.63) is 76.8 Å². The number of anilines is 1. The Labute approximate surface area is 176 Å². The third-order valence-electron chi connectivity index (χ3n) is 4.29. The molecule has 0 radical (unpaired) electrons. The van der Waals surface area contributed by atoms with Crippen molar-refractivity contribution in [2.75, 3.05) is 12.5 Å². The van der Waals surface area contributed by atoms with Crippen molar-refractivity contribution >= 4 is 38.9 Å². The minimum atomic E-state index is 0.0820. The van der Waals surface area contributed by atoms with Gasteiger partial charge in [0.15, 0.2) is 23.1 Å². The van der Waals surface area contributed by atoms with Crippen LogP contribution >= 0.6 is 15.9 Å². The molecule has 1 aromatic heterocycles. The van der Waals surface area contributed by atoms with E-state index in [-0.39, 0.29) is 5.75 Å². The predicted molar refractivity (Wildman–Crippen MR) is 119 cm³/mol. The van der Waals surface area contributed by atoms with E-state index < -0.39 is 0 Å². The third-order valence-corrected chi connectivity index (χ3v) is 4.82. The minimum Gasteiger partial charge on any atom is -0.504 e. The number of aromatic hydroxyl groups is 1. The van der Waals surface area contributed by atoms with Gasteiger partial charge in [-0.3, -0.25) is 5.43 Å². The molecule has 0 bridgehead atoms. The first kappa shape index (κ1) is 18.9. The van der Waals surface area contributed by atoms with Gasteiger partial charge < -0.3 is 9.84 Å². The number of methoxy groups -OCH3 is 1. The van der Waals surface area contributed by atoms with Crippen LogP contribution in [0.5, 0.6) is 11.5 Å². The Balaban J connectivity index is 1.68. The maximum Gasteiger partial charge on any atom is 0.162 e. The molecule has 4 rings (SSSR count). The van der Waals surface area contributed by atoms with Crippen molar-refractivity contribution in [2.24, 2.45) is 5.10 Å². The van der Waals surface area contributed by atoms with E-state index in [4.69, 9.17) is 4.74 Å². The van der Waals surface area contributed by atoms with E-state index >= 15 is 0 Å². The lowest BCUT2D eigenvalue weighted by molar-refractivity contribution is 0.373. The van der Waals surface area contributed by atoms with Crippen LogP contribution < -0.4 is 10.2 Å². The molecule has 0 saturated heterocycles. The maximum atomic E-state index is 9.71. The van der Waals surface area contributed by atoms with E-state index in [1.165, 1.54) is 7.11 Å². The number of hydrazone groups is 1. The lowest BCUT2D eigenvalue weighted by Gasteiger charge is -2.08. The highest BCUT2D eigenvalue weighted by molar-refractivity contribution is 9.10. The first-order chi connectivity index (χ1) is 14.1. The van der Waals surface area contributed by atoms with Crippen LogP contribution in [0.3, 0.4) is 0 Å². The zero-order chi connectivity index (χ0) is 20.2. The molecule has 1 heterocycles. The van der Waals surface area contributed by atoms with Gasteiger partial charge in [-0.15, -0.1) is 0 Å². The lowest BCUT2D eigenvalue weighted by atomic mass is 10.2. The SMILES string of the molecule is COc1cc(/C=N\Nc2nc(-c3ccc(Br)cc3)nc3ccccc23)ccc1O. The Bertz CT molecular complexity index is 1190. The van der Waals surface area contributed by atoms with Crippen LogP contribution in [0, 0.1) is 0 Å². The fourth-order valence-corrected chi connectivity index (χ4v) is 3.10. The second-order valence-electron chi connectivity index (χ2n) is 6.22. The van der Waals surface area contributed by atoms with Gasteiger partial charge in [0.2, 0.25) is 0 Å². The summed E-state index contributed by atoms with van der Waals surface area (Å²) >= 11 is 3.45. The monoisotopic (exact) mass is 448 g/mol. The highest BCUT2D eigenvalue weighted by Gasteiger charge is 2.09. The quantitative estimate of drug-likeness (QED) is 0.323. The molecule has 0 unspecified atom stereocenters. The number of hydrogen-bond donors (Lipinski definition) is 2. The summed E-state index contributed by atoms with van der Waals surface area (Å²) in [6, 6.07) is 20.6. The summed E-state index contributed by atoms with van der Waals surface area (Å²) in [4.78, 5) is 9.34. The molecule has 4 aromatic rings. The van der Waals surface area contributed by atoms with Gasteiger partial charge in [0, 0.05) is 15.4 Å². The van der Waals surface area contributed by atoms with Gasteiger partial charge in [-0.25, -0.2) is 9.97 Å². The molecule has 0 atom stereocenters. The summed E-state index contributed by atoms with van der Waals surface area (Å²) in [5, 5.41) is 14.9. The normalized spacial score (nSPS) is 11.1. The van der Waals surface area contributed by atoms with Crippen molar-refractivity contribution in [3.63, 3.8) is 0 Å². The average molecular weight is 449 g/mol. The molecular weight excluding hydrogens is 432 g/mol. The van der Waals surface area contributed by atoms with Crippen LogP contribution in [0.25, 0.3) is 22.3 Å². The number of aromatic nitrogens is 2. The summed E-state index contributed by atoms with van der Waals surface area (Å²) in [5.41, 5.74) is 5.53. The number of ether oxygens (including phenoxy) is 1. The molecule has 6 nitrogen and oxygen atoms in total. The van der Waals surface area contributed by atoms with E-state index in [0.29, 0.717) is 17.4 Å². The zero-order valence-corrected chi connectivity index (χ0v) is 17.1. The van der Waals surface area contributed by atoms with Gasteiger partial charge in [-0.05, 0) is 48.0 Å². The second kappa shape index (κ2) is 8.28. The smallest absolute Gasteiger partial charge is 0.162 e. The molecule has 144 valence electrons. The fraction of sp³-hybridized carbons (Fsp3) is 0.0455. The van der Waals surface area contributed by atoms with Crippen molar-refractivity contribution in [1.82, 2.24) is 9.97 Å². The largest absolute Gasteiger partial charge is 0.504 e. The number of nitrogens with one attached hydrogen (secondary N) is 1. The Kier molecular flexibility index (Phi) is 5.39. The van der Waals surface area contributed by atoms with Crippen LogP contribution in [0.2, 0.25) is 0 Å². The Morgan fingerprint density at radius 1 is 1.03 bits per heavy atom. The van der Waals surface area contributed by atoms with E-state index in [2.05, 4.69) is 36.4 Å². The van der Waals surface area contributed by atoms with Crippen LogP contribution in [0.1, 0.15) is 5.56 Å². The second-order valence-corrected chi connectivity index (χ2v) is 7.14. The number of halogens is 1. The number of rotatable bonds is 5. The van der Waals surface area contributed by atoms with Gasteiger partial charge in [0.1, 0.15) is 0 Å². The van der Waals surface area contributed by atoms with Crippen molar-refractivity contribution in [3.8, 4) is 22.9 Å². The molecule has 0 aliphatic carbocycles. The molecule has 0 spiro atoms. The summed E-state index contributed by atoms with van der Waals surface area (Å²) in [7, 11) is 1.50. The summed E-state index contributed by atoms with van der Waals surface area (Å²) in [6.07, 6.45) is 1.64. The molecule has 0 fully saturated rings. The lowest BCUT2D eigenvalue weighted by Crippen LogP contribution is -1.99. The third kappa shape index (κ3) is 4.20. The average Bonchev–Trinajstić information content (AvgIpc) is 2.75. The zero-order valence-electron chi connectivity index (χ0n) is 15.5. The number of phenols is 1. The van der Waals surface area contributed by atoms with Crippen molar-refractivity contribution in [1.29, 1.82) is 0 Å². The van der Waals surface area contributed by atoms with Crippen LogP contribution in [-0.2, 0) is 0 Å². The molecule has 0 aliphatic heterocycles. The van der Waals surface area contributed by atoms with Gasteiger partial charge in [-0.2, -0.15) is 5.10 Å². The molecule has 3 aromatic carbocycles. The molecule has 2 N–H and O–H groups in total. The summed E-state index contributed by atoms with van der Waals surface area (Å²) in [6.45, 7) is 0. The molecule has 0 amide bonds. The first-order valence-electron chi connectivity index (χ1n) is 8.83. The van der Waals surface area contributed by atoms with Gasteiger partial charge in [0.25, 0.3) is 0 Å². The Morgan fingerprint density at radius 2 is 1.83 bits per heavy atom. The van der Waals surface area contributed by atoms with Gasteiger partial charge >= 0.3 is 0 Å². The summed E-state index contributed by atoms with van der Waals surface area (Å²) in [5.74, 6) is 1.69. The summed E-state index contributed by atoms with van der Waals surface area (Å²) < 4.78 is 6.12. The molecular formula is C22H17BrN4O2. The number of phenolic OH excluding ortho intramolecular Hbond substituents is 1. The van der Waals surface area contributed by atoms with Crippen molar-refractivity contribution < 1.29 is 9.84 Å². The Hall–Kier alpha value is -3.45. The van der Waals surface area contributed by atoms with E-state index in [0.717, 1.165) is 26.5 Å². The number of para-hydroxylation sites is 1. The van der Waals surface area contributed by atoms with E-state index in [1.54, 1.807) is 24.4 Å². The van der Waals surface area contributed by atoms with E-state index in [1.807, 2.05) is 48.5 Å². The number of benzene rings is 3. The molecule has 7 heteroatoms. The number of nitrogens with zero attached hydrogens (tertiary/aromatic N) is 3. The molecule has 0 saturated carbocycles. The highest BCUT2D eigenvalue weighted by Crippen LogP contribution is 2.27. The van der Waals surface area contributed by atoms with Gasteiger partial charge in [-0.1, -0.05) is 40.2 Å². The number of fused-ring (bicyclic) bond motifs is 1. The van der Waals surface area contributed by atoms with Crippen molar-refractivity contribution in [2.45, 2.75) is 0 Å². The molecule has 0 aliphatic rings. The van der Waals surface area contributed by atoms with E-state index in [9.17, 15) is 5.11 Å². The Morgan fingerprint density at radius 3 is 2.62 bits per heavy atom.